The van der Waals surface area contributed by atoms with E-state index in [1.54, 1.807) is 12.1 Å². The number of carboxylic acids is 2. The van der Waals surface area contributed by atoms with Gasteiger partial charge in [-0.15, -0.1) is 0 Å². The van der Waals surface area contributed by atoms with Gasteiger partial charge in [-0.05, 0) is 62.4 Å². The third kappa shape index (κ3) is 4.10. The number of anilines is 2. The molecule has 0 saturated carbocycles. The number of carboxylic acid groups (broad SMARTS) is 2. The minimum absolute atomic E-state index is 0.0813. The second-order valence-electron chi connectivity index (χ2n) is 5.94. The molecule has 2 rings (SSSR count). The quantitative estimate of drug-likeness (QED) is 0.728. The summed E-state index contributed by atoms with van der Waals surface area (Å²) in [7, 11) is 0. The summed E-state index contributed by atoms with van der Waals surface area (Å²) in [4.78, 5) is 35.1. The highest BCUT2D eigenvalue weighted by molar-refractivity contribution is 5.99. The van der Waals surface area contributed by atoms with Crippen molar-refractivity contribution < 1.29 is 29.3 Å². The number of nitrogens with zero attached hydrogens (tertiary/aromatic N) is 1. The van der Waals surface area contributed by atoms with Gasteiger partial charge in [-0.25, -0.2) is 14.4 Å². The van der Waals surface area contributed by atoms with Gasteiger partial charge in [0, 0.05) is 0 Å². The first kappa shape index (κ1) is 18.8. The number of aromatic carboxylic acids is 1. The Morgan fingerprint density at radius 1 is 0.923 bits per heavy atom. The monoisotopic (exact) mass is 358 g/mol. The number of benzene rings is 2. The molecule has 2 aromatic rings. The summed E-state index contributed by atoms with van der Waals surface area (Å²) in [6, 6.07) is 11.0. The van der Waals surface area contributed by atoms with Crippen molar-refractivity contribution >= 4 is 29.3 Å². The fourth-order valence-corrected chi connectivity index (χ4v) is 2.16. The smallest absolute Gasteiger partial charge is 0.347 e. The number of primary amides is 1. The predicted octanol–water partition coefficient (Wildman–Crippen LogP) is 2.84. The first-order chi connectivity index (χ1) is 12.1. The standard InChI is InChI=1S/C18H18N2O6/c1-18(2,16(23)24)26-14-9-7-13(8-10-14)20(17(19)25)12-5-3-11(4-6-12)15(21)22/h3-10H,1-2H3,(H2,19,25)(H,21,22)(H,23,24). The van der Waals surface area contributed by atoms with Crippen molar-refractivity contribution in [2.24, 2.45) is 5.73 Å². The van der Waals surface area contributed by atoms with Gasteiger partial charge in [0.15, 0.2) is 5.60 Å². The molecule has 0 heterocycles. The van der Waals surface area contributed by atoms with E-state index in [0.717, 1.165) is 0 Å². The van der Waals surface area contributed by atoms with Crippen LogP contribution in [-0.2, 0) is 4.79 Å². The molecular formula is C18H18N2O6. The van der Waals surface area contributed by atoms with Gasteiger partial charge in [0.05, 0.1) is 16.9 Å². The largest absolute Gasteiger partial charge is 0.478 e. The van der Waals surface area contributed by atoms with Gasteiger partial charge in [-0.3, -0.25) is 4.90 Å². The van der Waals surface area contributed by atoms with Crippen molar-refractivity contribution in [1.29, 1.82) is 0 Å². The van der Waals surface area contributed by atoms with E-state index in [4.69, 9.17) is 20.7 Å². The van der Waals surface area contributed by atoms with E-state index >= 15 is 0 Å². The lowest BCUT2D eigenvalue weighted by atomic mass is 10.1. The van der Waals surface area contributed by atoms with Crippen molar-refractivity contribution in [3.05, 3.63) is 54.1 Å². The van der Waals surface area contributed by atoms with Crippen LogP contribution in [0.15, 0.2) is 48.5 Å². The number of nitrogens with two attached hydrogens (primary N) is 1. The van der Waals surface area contributed by atoms with Crippen LogP contribution < -0.4 is 15.4 Å². The highest BCUT2D eigenvalue weighted by Gasteiger charge is 2.29. The molecule has 0 fully saturated rings. The molecular weight excluding hydrogens is 340 g/mol. The van der Waals surface area contributed by atoms with Crippen molar-refractivity contribution in [2.45, 2.75) is 19.4 Å². The maximum atomic E-state index is 11.8. The summed E-state index contributed by atoms with van der Waals surface area (Å²) < 4.78 is 5.41. The molecule has 4 N–H and O–H groups in total. The number of hydrogen-bond donors (Lipinski definition) is 3. The molecule has 8 heteroatoms. The van der Waals surface area contributed by atoms with Gasteiger partial charge in [0.25, 0.3) is 0 Å². The van der Waals surface area contributed by atoms with Crippen molar-refractivity contribution in [3.63, 3.8) is 0 Å². The Bertz CT molecular complexity index is 828. The molecule has 0 aliphatic carbocycles. The number of carbonyl (C=O) groups excluding carboxylic acids is 1. The minimum atomic E-state index is -1.41. The van der Waals surface area contributed by atoms with Crippen LogP contribution in [0, 0.1) is 0 Å². The minimum Gasteiger partial charge on any atom is -0.478 e. The van der Waals surface area contributed by atoms with E-state index in [-0.39, 0.29) is 5.56 Å². The Labute approximate surface area is 149 Å². The molecule has 26 heavy (non-hydrogen) atoms. The van der Waals surface area contributed by atoms with Crippen LogP contribution >= 0.6 is 0 Å². The zero-order chi connectivity index (χ0) is 19.5. The molecule has 0 atom stereocenters. The molecule has 0 saturated heterocycles. The molecule has 0 bridgehead atoms. The van der Waals surface area contributed by atoms with Crippen LogP contribution in [0.5, 0.6) is 5.75 Å². The van der Waals surface area contributed by atoms with Gasteiger partial charge in [-0.1, -0.05) is 0 Å². The van der Waals surface area contributed by atoms with E-state index < -0.39 is 23.6 Å². The van der Waals surface area contributed by atoms with E-state index in [1.165, 1.54) is 55.1 Å². The van der Waals surface area contributed by atoms with Crippen LogP contribution in [0.4, 0.5) is 16.2 Å². The van der Waals surface area contributed by atoms with E-state index in [0.29, 0.717) is 17.1 Å². The lowest BCUT2D eigenvalue weighted by Gasteiger charge is -2.23. The summed E-state index contributed by atoms with van der Waals surface area (Å²) in [6.45, 7) is 2.84. The van der Waals surface area contributed by atoms with E-state index in [1.807, 2.05) is 0 Å². The highest BCUT2D eigenvalue weighted by Crippen LogP contribution is 2.28. The number of urea groups is 1. The lowest BCUT2D eigenvalue weighted by Crippen LogP contribution is -2.37. The fraction of sp³-hybridized carbons (Fsp3) is 0.167. The molecule has 0 radical (unpaired) electrons. The van der Waals surface area contributed by atoms with Gasteiger partial charge < -0.3 is 20.7 Å². The summed E-state index contributed by atoms with van der Waals surface area (Å²) in [5.41, 5.74) is 4.92. The van der Waals surface area contributed by atoms with E-state index in [2.05, 4.69) is 0 Å². The maximum absolute atomic E-state index is 11.8. The maximum Gasteiger partial charge on any atom is 0.347 e. The third-order valence-corrected chi connectivity index (χ3v) is 3.58. The third-order valence-electron chi connectivity index (χ3n) is 3.58. The summed E-state index contributed by atoms with van der Waals surface area (Å²) in [6.07, 6.45) is 0. The Balaban J connectivity index is 2.29. The molecule has 0 unspecified atom stereocenters. The van der Waals surface area contributed by atoms with Crippen LogP contribution in [0.1, 0.15) is 24.2 Å². The summed E-state index contributed by atoms with van der Waals surface area (Å²) >= 11 is 0. The normalized spacial score (nSPS) is 10.8. The topological polar surface area (TPSA) is 130 Å². The molecule has 0 aliphatic rings. The van der Waals surface area contributed by atoms with Gasteiger partial charge in [-0.2, -0.15) is 0 Å². The first-order valence-electron chi connectivity index (χ1n) is 7.57. The van der Waals surface area contributed by atoms with Crippen LogP contribution in [0.2, 0.25) is 0 Å². The number of ether oxygens (including phenoxy) is 1. The lowest BCUT2D eigenvalue weighted by molar-refractivity contribution is -0.152. The van der Waals surface area contributed by atoms with Gasteiger partial charge in [0.1, 0.15) is 5.75 Å². The number of hydrogen-bond acceptors (Lipinski definition) is 4. The average molecular weight is 358 g/mol. The Kier molecular flexibility index (Phi) is 5.16. The second kappa shape index (κ2) is 7.14. The SMILES string of the molecule is CC(C)(Oc1ccc(N(C(N)=O)c2ccc(C(=O)O)cc2)cc1)C(=O)O. The number of amides is 2. The second-order valence-corrected chi connectivity index (χ2v) is 5.94. The predicted molar refractivity (Wildman–Crippen MR) is 93.9 cm³/mol. The van der Waals surface area contributed by atoms with E-state index in [9.17, 15) is 14.4 Å². The van der Waals surface area contributed by atoms with Crippen LogP contribution in [-0.4, -0.2) is 33.8 Å². The molecule has 2 aromatic carbocycles. The molecule has 8 nitrogen and oxygen atoms in total. The van der Waals surface area contributed by atoms with Gasteiger partial charge in [0.2, 0.25) is 0 Å². The Hall–Kier alpha value is -3.55. The van der Waals surface area contributed by atoms with Crippen molar-refractivity contribution in [2.75, 3.05) is 4.90 Å². The molecule has 136 valence electrons. The average Bonchev–Trinajstić information content (AvgIpc) is 2.56. The zero-order valence-corrected chi connectivity index (χ0v) is 14.2. The number of carbonyl (C=O) groups is 3. The Morgan fingerprint density at radius 2 is 1.38 bits per heavy atom. The van der Waals surface area contributed by atoms with Crippen LogP contribution in [0.3, 0.4) is 0 Å². The zero-order valence-electron chi connectivity index (χ0n) is 14.2. The first-order valence-corrected chi connectivity index (χ1v) is 7.57. The summed E-state index contributed by atoms with van der Waals surface area (Å²) in [5, 5.41) is 18.0. The molecule has 0 spiro atoms. The summed E-state index contributed by atoms with van der Waals surface area (Å²) in [5.74, 6) is -1.88. The molecule has 0 aromatic heterocycles. The van der Waals surface area contributed by atoms with Crippen molar-refractivity contribution in [1.82, 2.24) is 0 Å². The number of rotatable bonds is 6. The highest BCUT2D eigenvalue weighted by atomic mass is 16.5. The van der Waals surface area contributed by atoms with Gasteiger partial charge >= 0.3 is 18.0 Å². The number of aliphatic carboxylic acids is 1. The molecule has 2 amide bonds. The Morgan fingerprint density at radius 3 is 1.77 bits per heavy atom. The van der Waals surface area contributed by atoms with Crippen molar-refractivity contribution in [3.8, 4) is 5.75 Å². The molecule has 0 aliphatic heterocycles. The van der Waals surface area contributed by atoms with Crippen LogP contribution in [0.25, 0.3) is 0 Å². The fourth-order valence-electron chi connectivity index (χ4n) is 2.16.